The molecule has 0 saturated carbocycles. The Labute approximate surface area is 135 Å². The number of esters is 1. The van der Waals surface area contributed by atoms with E-state index < -0.39 is 5.97 Å². The summed E-state index contributed by atoms with van der Waals surface area (Å²) >= 11 is 6.13. The van der Waals surface area contributed by atoms with Crippen LogP contribution in [-0.2, 0) is 17.8 Å². The predicted octanol–water partition coefficient (Wildman–Crippen LogP) is 4.05. The first-order chi connectivity index (χ1) is 10.7. The van der Waals surface area contributed by atoms with Crippen molar-refractivity contribution in [1.29, 1.82) is 0 Å². The van der Waals surface area contributed by atoms with Crippen molar-refractivity contribution in [3.8, 4) is 5.75 Å². The van der Waals surface area contributed by atoms with Crippen LogP contribution in [0.2, 0.25) is 5.15 Å². The van der Waals surface area contributed by atoms with Crippen LogP contribution in [0.5, 0.6) is 5.75 Å². The van der Waals surface area contributed by atoms with Crippen molar-refractivity contribution in [2.24, 2.45) is 0 Å². The number of aryl methyl sites for hydroxylation is 1. The molecule has 0 N–H and O–H groups in total. The number of rotatable bonds is 6. The molecule has 0 radical (unpaired) electrons. The number of pyridine rings is 1. The van der Waals surface area contributed by atoms with Crippen LogP contribution in [-0.4, -0.2) is 17.6 Å². The summed E-state index contributed by atoms with van der Waals surface area (Å²) in [5.41, 5.74) is 1.95. The van der Waals surface area contributed by atoms with Crippen molar-refractivity contribution in [2.75, 3.05) is 6.61 Å². The zero-order valence-corrected chi connectivity index (χ0v) is 13.4. The minimum atomic E-state index is -0.522. The molecule has 116 valence electrons. The van der Waals surface area contributed by atoms with E-state index in [0.29, 0.717) is 18.8 Å². The summed E-state index contributed by atoms with van der Waals surface area (Å²) < 4.78 is 10.8. The lowest BCUT2D eigenvalue weighted by Gasteiger charge is -2.13. The quantitative estimate of drug-likeness (QED) is 0.595. The molecule has 2 aromatic rings. The first-order valence-electron chi connectivity index (χ1n) is 7.19. The van der Waals surface area contributed by atoms with Crippen molar-refractivity contribution in [3.05, 3.63) is 58.4 Å². The maximum absolute atomic E-state index is 12.1. The molecule has 1 aromatic carbocycles. The van der Waals surface area contributed by atoms with Crippen LogP contribution in [0, 0.1) is 0 Å². The summed E-state index contributed by atoms with van der Waals surface area (Å²) in [5.74, 6) is -0.120. The number of hydrogen-bond acceptors (Lipinski definition) is 4. The molecule has 22 heavy (non-hydrogen) atoms. The van der Waals surface area contributed by atoms with Gasteiger partial charge >= 0.3 is 5.97 Å². The summed E-state index contributed by atoms with van der Waals surface area (Å²) in [5, 5.41) is 0.112. The second-order valence-corrected chi connectivity index (χ2v) is 4.98. The number of aromatic nitrogens is 1. The van der Waals surface area contributed by atoms with Gasteiger partial charge in [-0.2, -0.15) is 0 Å². The molecule has 0 atom stereocenters. The van der Waals surface area contributed by atoms with E-state index in [1.165, 1.54) is 0 Å². The van der Waals surface area contributed by atoms with Crippen molar-refractivity contribution in [2.45, 2.75) is 26.9 Å². The molecule has 1 heterocycles. The zero-order chi connectivity index (χ0) is 15.9. The van der Waals surface area contributed by atoms with Gasteiger partial charge in [-0.3, -0.25) is 0 Å². The van der Waals surface area contributed by atoms with Crippen LogP contribution in [0.3, 0.4) is 0 Å². The first-order valence-corrected chi connectivity index (χ1v) is 7.56. The lowest BCUT2D eigenvalue weighted by atomic mass is 10.2. The van der Waals surface area contributed by atoms with Gasteiger partial charge in [-0.25, -0.2) is 9.78 Å². The molecular formula is C17H18ClNO3. The minimum absolute atomic E-state index is 0.112. The van der Waals surface area contributed by atoms with Gasteiger partial charge in [0.2, 0.25) is 0 Å². The molecule has 0 spiro atoms. The van der Waals surface area contributed by atoms with Crippen LogP contribution in [0.15, 0.2) is 36.4 Å². The number of nitrogens with zero attached hydrogens (tertiary/aromatic N) is 1. The highest BCUT2D eigenvalue weighted by Gasteiger charge is 2.20. The second-order valence-electron chi connectivity index (χ2n) is 4.63. The summed E-state index contributed by atoms with van der Waals surface area (Å²) in [4.78, 5) is 16.3. The molecule has 0 unspecified atom stereocenters. The third-order valence-electron chi connectivity index (χ3n) is 3.07. The van der Waals surface area contributed by atoms with Gasteiger partial charge in [-0.1, -0.05) is 48.9 Å². The normalized spacial score (nSPS) is 10.3. The van der Waals surface area contributed by atoms with Crippen molar-refractivity contribution < 1.29 is 14.3 Å². The molecule has 5 heteroatoms. The molecule has 0 aliphatic carbocycles. The van der Waals surface area contributed by atoms with Gasteiger partial charge in [0, 0.05) is 11.8 Å². The average molecular weight is 320 g/mol. The molecule has 0 fully saturated rings. The maximum atomic E-state index is 12.1. The Morgan fingerprint density at radius 1 is 1.23 bits per heavy atom. The summed E-state index contributed by atoms with van der Waals surface area (Å²) in [6, 6.07) is 11.4. The SMILES string of the molecule is CCOC(=O)c1c(OCc2ccccc2)cc(CC)nc1Cl. The number of carbonyl (C=O) groups excluding carboxylic acids is 1. The third kappa shape index (κ3) is 3.98. The average Bonchev–Trinajstić information content (AvgIpc) is 2.53. The molecule has 4 nitrogen and oxygen atoms in total. The van der Waals surface area contributed by atoms with E-state index in [-0.39, 0.29) is 17.3 Å². The monoisotopic (exact) mass is 319 g/mol. The van der Waals surface area contributed by atoms with Gasteiger partial charge in [0.1, 0.15) is 23.1 Å². The molecule has 0 aliphatic heterocycles. The lowest BCUT2D eigenvalue weighted by molar-refractivity contribution is 0.0521. The largest absolute Gasteiger partial charge is 0.488 e. The molecule has 0 amide bonds. The van der Waals surface area contributed by atoms with E-state index in [1.54, 1.807) is 13.0 Å². The van der Waals surface area contributed by atoms with Gasteiger partial charge in [-0.05, 0) is 18.9 Å². The van der Waals surface area contributed by atoms with Crippen LogP contribution in [0.25, 0.3) is 0 Å². The Hall–Kier alpha value is -2.07. The standard InChI is InChI=1S/C17H18ClNO3/c1-3-13-10-14(22-11-12-8-6-5-7-9-12)15(16(18)19-13)17(20)21-4-2/h5-10H,3-4,11H2,1-2H3. The maximum Gasteiger partial charge on any atom is 0.345 e. The van der Waals surface area contributed by atoms with E-state index in [9.17, 15) is 4.79 Å². The molecule has 0 aliphatic rings. The highest BCUT2D eigenvalue weighted by Crippen LogP contribution is 2.28. The molecule has 2 rings (SSSR count). The molecular weight excluding hydrogens is 302 g/mol. The van der Waals surface area contributed by atoms with Gasteiger partial charge in [0.05, 0.1) is 6.61 Å². The van der Waals surface area contributed by atoms with Crippen LogP contribution in [0.4, 0.5) is 0 Å². The van der Waals surface area contributed by atoms with E-state index in [0.717, 1.165) is 11.3 Å². The zero-order valence-electron chi connectivity index (χ0n) is 12.6. The van der Waals surface area contributed by atoms with E-state index in [4.69, 9.17) is 21.1 Å². The number of halogens is 1. The Kier molecular flexibility index (Phi) is 5.78. The lowest BCUT2D eigenvalue weighted by Crippen LogP contribution is -2.11. The Bertz CT molecular complexity index is 644. The highest BCUT2D eigenvalue weighted by molar-refractivity contribution is 6.32. The fourth-order valence-electron chi connectivity index (χ4n) is 1.96. The van der Waals surface area contributed by atoms with Crippen molar-refractivity contribution in [3.63, 3.8) is 0 Å². The predicted molar refractivity (Wildman–Crippen MR) is 85.4 cm³/mol. The first kappa shape index (κ1) is 16.3. The van der Waals surface area contributed by atoms with E-state index >= 15 is 0 Å². The number of carbonyl (C=O) groups is 1. The van der Waals surface area contributed by atoms with Crippen LogP contribution < -0.4 is 4.74 Å². The van der Waals surface area contributed by atoms with Gasteiger partial charge in [-0.15, -0.1) is 0 Å². The summed E-state index contributed by atoms with van der Waals surface area (Å²) in [6.07, 6.45) is 0.699. The Morgan fingerprint density at radius 3 is 2.59 bits per heavy atom. The molecule has 1 aromatic heterocycles. The van der Waals surface area contributed by atoms with E-state index in [2.05, 4.69) is 4.98 Å². The van der Waals surface area contributed by atoms with Gasteiger partial charge < -0.3 is 9.47 Å². The van der Waals surface area contributed by atoms with Crippen molar-refractivity contribution in [1.82, 2.24) is 4.98 Å². The van der Waals surface area contributed by atoms with Gasteiger partial charge in [0.15, 0.2) is 0 Å². The summed E-state index contributed by atoms with van der Waals surface area (Å²) in [7, 11) is 0. The topological polar surface area (TPSA) is 48.4 Å². The molecule has 0 saturated heterocycles. The Balaban J connectivity index is 2.30. The smallest absolute Gasteiger partial charge is 0.345 e. The summed E-state index contributed by atoms with van der Waals surface area (Å²) in [6.45, 7) is 4.31. The second kappa shape index (κ2) is 7.80. The number of benzene rings is 1. The van der Waals surface area contributed by atoms with Crippen molar-refractivity contribution >= 4 is 17.6 Å². The number of hydrogen-bond donors (Lipinski definition) is 0. The fraction of sp³-hybridized carbons (Fsp3) is 0.294. The third-order valence-corrected chi connectivity index (χ3v) is 3.34. The minimum Gasteiger partial charge on any atom is -0.488 e. The molecule has 0 bridgehead atoms. The van der Waals surface area contributed by atoms with E-state index in [1.807, 2.05) is 37.3 Å². The van der Waals surface area contributed by atoms with Crippen LogP contribution >= 0.6 is 11.6 Å². The fourth-order valence-corrected chi connectivity index (χ4v) is 2.24. The number of ether oxygens (including phenoxy) is 2. The Morgan fingerprint density at radius 2 is 1.95 bits per heavy atom. The van der Waals surface area contributed by atoms with Gasteiger partial charge in [0.25, 0.3) is 0 Å². The van der Waals surface area contributed by atoms with Crippen LogP contribution in [0.1, 0.15) is 35.5 Å². The highest BCUT2D eigenvalue weighted by atomic mass is 35.5.